The Labute approximate surface area is 286 Å². The second-order valence-electron chi connectivity index (χ2n) is 13.0. The summed E-state index contributed by atoms with van der Waals surface area (Å²) in [5.74, 6) is -1.36. The maximum absolute atomic E-state index is 17.2. The Bertz CT molecular complexity index is 2230. The molecular weight excluding hydrogens is 647 g/mol. The first-order valence-electron chi connectivity index (χ1n) is 17.9. The minimum Gasteiger partial charge on any atom is -0.461 e. The van der Waals surface area contributed by atoms with Crippen LogP contribution in [0.25, 0.3) is 32.1 Å². The molecule has 13 heteroatoms. The van der Waals surface area contributed by atoms with Crippen LogP contribution >= 0.6 is 22.9 Å². The third-order valence-electron chi connectivity index (χ3n) is 10.2. The lowest BCUT2D eigenvalue weighted by molar-refractivity contribution is 0.108. The summed E-state index contributed by atoms with van der Waals surface area (Å²) in [5, 5.41) is 13.4. The van der Waals surface area contributed by atoms with Crippen LogP contribution in [0.4, 0.5) is 24.0 Å². The predicted molar refractivity (Wildman–Crippen MR) is 179 cm³/mol. The van der Waals surface area contributed by atoms with E-state index in [-0.39, 0.29) is 85.1 Å². The van der Waals surface area contributed by atoms with E-state index >= 15 is 4.39 Å². The molecular formula is C34H33ClF3N7OS. The average molecular weight is 685 g/mol. The molecule has 0 saturated carbocycles. The van der Waals surface area contributed by atoms with E-state index in [1.54, 1.807) is 4.90 Å². The van der Waals surface area contributed by atoms with Crippen molar-refractivity contribution in [2.24, 2.45) is 0 Å². The summed E-state index contributed by atoms with van der Waals surface area (Å²) in [6, 6.07) is 5.46. The number of piperazine rings is 1. The van der Waals surface area contributed by atoms with Gasteiger partial charge in [0, 0.05) is 54.4 Å². The van der Waals surface area contributed by atoms with Crippen molar-refractivity contribution < 1.29 is 24.8 Å². The van der Waals surface area contributed by atoms with E-state index in [0.717, 1.165) is 36.8 Å². The molecule has 3 atom stereocenters. The Kier molecular flexibility index (Phi) is 6.07. The number of halogens is 4. The molecule has 4 aliphatic heterocycles. The van der Waals surface area contributed by atoms with Crippen molar-refractivity contribution in [2.75, 3.05) is 43.4 Å². The fourth-order valence-corrected chi connectivity index (χ4v) is 9.29. The van der Waals surface area contributed by atoms with Crippen LogP contribution in [0.5, 0.6) is 6.01 Å². The van der Waals surface area contributed by atoms with Crippen LogP contribution in [0.1, 0.15) is 57.7 Å². The average Bonchev–Trinajstić information content (AvgIpc) is 3.83. The zero-order valence-corrected chi connectivity index (χ0v) is 26.7. The molecule has 0 radical (unpaired) electrons. The van der Waals surface area contributed by atoms with Crippen molar-refractivity contribution in [2.45, 2.75) is 62.4 Å². The molecule has 0 spiro atoms. The summed E-state index contributed by atoms with van der Waals surface area (Å²) in [6.07, 6.45) is 0.847. The molecule has 2 aromatic heterocycles. The van der Waals surface area contributed by atoms with Crippen LogP contribution in [0.15, 0.2) is 30.1 Å². The lowest BCUT2D eigenvalue weighted by Gasteiger charge is -2.42. The number of nitrogens with zero attached hydrogens (tertiary/aromatic N) is 5. The quantitative estimate of drug-likeness (QED) is 0.222. The third-order valence-corrected chi connectivity index (χ3v) is 11.5. The van der Waals surface area contributed by atoms with E-state index in [1.807, 2.05) is 6.07 Å². The van der Waals surface area contributed by atoms with Gasteiger partial charge in [-0.05, 0) is 68.3 Å². The van der Waals surface area contributed by atoms with Gasteiger partial charge < -0.3 is 20.7 Å². The number of hydrogen-bond acceptors (Lipinski definition) is 9. The van der Waals surface area contributed by atoms with Gasteiger partial charge in [-0.15, -0.1) is 11.3 Å². The Morgan fingerprint density at radius 1 is 1.36 bits per heavy atom. The number of ether oxygens (including phenoxy) is 1. The van der Waals surface area contributed by atoms with E-state index in [2.05, 4.69) is 15.2 Å². The first kappa shape index (κ1) is 25.4. The molecule has 3 N–H and O–H groups in total. The van der Waals surface area contributed by atoms with Gasteiger partial charge in [0.2, 0.25) is 0 Å². The van der Waals surface area contributed by atoms with Crippen LogP contribution in [-0.2, 0) is 0 Å². The van der Waals surface area contributed by atoms with E-state index in [9.17, 15) is 14.0 Å². The highest BCUT2D eigenvalue weighted by Gasteiger charge is 2.48. The molecule has 4 aromatic rings. The normalized spacial score (nSPS) is 28.7. The van der Waals surface area contributed by atoms with E-state index in [4.69, 9.17) is 33.9 Å². The topological polar surface area (TPSA) is 103 Å². The molecule has 0 unspecified atom stereocenters. The number of fused-ring (bicyclic) bond motifs is 5. The number of nitriles is 1. The first-order chi connectivity index (χ1) is 24.6. The zero-order chi connectivity index (χ0) is 37.0. The Morgan fingerprint density at radius 2 is 2.23 bits per heavy atom. The fraction of sp³-hybridized carbons (Fsp3) is 0.441. The van der Waals surface area contributed by atoms with Gasteiger partial charge in [0.25, 0.3) is 0 Å². The first-order valence-corrected chi connectivity index (χ1v) is 16.6. The summed E-state index contributed by atoms with van der Waals surface area (Å²) < 4.78 is 93.8. The number of anilines is 2. The molecule has 6 heterocycles. The molecule has 8 nitrogen and oxygen atoms in total. The van der Waals surface area contributed by atoms with Gasteiger partial charge in [0.1, 0.15) is 34.8 Å². The van der Waals surface area contributed by atoms with E-state index in [1.165, 1.54) is 12.1 Å². The van der Waals surface area contributed by atoms with Crippen molar-refractivity contribution in [3.63, 3.8) is 0 Å². The van der Waals surface area contributed by atoms with Gasteiger partial charge in [-0.25, -0.2) is 13.2 Å². The van der Waals surface area contributed by atoms with Crippen LogP contribution < -0.4 is 20.7 Å². The van der Waals surface area contributed by atoms with Gasteiger partial charge >= 0.3 is 6.01 Å². The number of thiophene rings is 1. The summed E-state index contributed by atoms with van der Waals surface area (Å²) in [7, 11) is 0. The number of nitrogens with two attached hydrogens (primary N) is 1. The minimum atomic E-state index is -2.95. The highest BCUT2D eigenvalue weighted by molar-refractivity contribution is 7.23. The molecule has 2 bridgehead atoms. The minimum absolute atomic E-state index is 0.0128. The summed E-state index contributed by atoms with van der Waals surface area (Å²) in [5.41, 5.74) is 4.52. The van der Waals surface area contributed by atoms with E-state index in [0.29, 0.717) is 37.8 Å². The fourth-order valence-electron chi connectivity index (χ4n) is 8.05. The lowest BCUT2D eigenvalue weighted by Crippen LogP contribution is -2.59. The molecule has 4 fully saturated rings. The maximum atomic E-state index is 17.2. The summed E-state index contributed by atoms with van der Waals surface area (Å²) in [6.45, 7) is -1.43. The zero-order valence-electron chi connectivity index (χ0n) is 30.1. The molecule has 244 valence electrons. The largest absolute Gasteiger partial charge is 0.461 e. The molecule has 0 amide bonds. The van der Waals surface area contributed by atoms with Crippen LogP contribution in [0.2, 0.25) is 5.02 Å². The predicted octanol–water partition coefficient (Wildman–Crippen LogP) is 7.09. The van der Waals surface area contributed by atoms with Crippen molar-refractivity contribution in [3.8, 4) is 23.2 Å². The number of benzene rings is 2. The number of nitrogens with one attached hydrogen (secondary N) is 1. The molecule has 8 rings (SSSR count). The van der Waals surface area contributed by atoms with Crippen LogP contribution in [0.3, 0.4) is 0 Å². The molecule has 4 aliphatic rings. The van der Waals surface area contributed by atoms with Crippen molar-refractivity contribution in [1.29, 1.82) is 5.26 Å². The highest BCUT2D eigenvalue weighted by Crippen LogP contribution is 2.47. The number of aromatic nitrogens is 2. The summed E-state index contributed by atoms with van der Waals surface area (Å²) >= 11 is 7.73. The molecule has 2 aromatic carbocycles. The van der Waals surface area contributed by atoms with Crippen LogP contribution in [-0.4, -0.2) is 64.8 Å². The van der Waals surface area contributed by atoms with Gasteiger partial charge in [-0.3, -0.25) is 4.90 Å². The Balaban J connectivity index is 1.30. The van der Waals surface area contributed by atoms with Gasteiger partial charge in [-0.2, -0.15) is 15.2 Å². The smallest absolute Gasteiger partial charge is 0.319 e. The van der Waals surface area contributed by atoms with E-state index < -0.39 is 35.9 Å². The number of hydrogen-bond donors (Lipinski definition) is 2. The third kappa shape index (κ3) is 4.77. The van der Waals surface area contributed by atoms with Gasteiger partial charge in [0.05, 0.1) is 27.2 Å². The summed E-state index contributed by atoms with van der Waals surface area (Å²) in [4.78, 5) is 13.2. The Morgan fingerprint density at radius 3 is 3.04 bits per heavy atom. The second kappa shape index (κ2) is 11.2. The van der Waals surface area contributed by atoms with Gasteiger partial charge in [-0.1, -0.05) is 24.5 Å². The second-order valence-corrected chi connectivity index (χ2v) is 14.4. The molecule has 4 saturated heterocycles. The highest BCUT2D eigenvalue weighted by atomic mass is 35.5. The maximum Gasteiger partial charge on any atom is 0.319 e. The van der Waals surface area contributed by atoms with Gasteiger partial charge in [0.15, 0.2) is 5.82 Å². The molecule has 0 aliphatic carbocycles. The molecule has 47 heavy (non-hydrogen) atoms. The van der Waals surface area contributed by atoms with Crippen molar-refractivity contribution in [1.82, 2.24) is 20.2 Å². The van der Waals surface area contributed by atoms with Crippen molar-refractivity contribution >= 4 is 54.7 Å². The SMILES string of the molecule is [2H]C([2H])([2H])C([2H])([2H])[C@@]12CC[C@@H](CN(c3nc(OC[C@@]45CCCN4C/C(=C\F)C5)nc4c(F)c(-c5ccc(F)c6sc(N)c(C#N)c56)c(Cl)cc34)C1)N2. The number of nitrogen functional groups attached to an aromatic ring is 1. The standard InChI is InChI=1S/C34H33ClF3N7OS/c1-2-33-8-6-19(43-33)15-44(16-33)31-21-10-23(35)26(20-4-5-24(37)29-25(20)22(13-39)30(40)47-29)27(38)28(21)41-32(42-31)46-17-34-7-3-9-45(34)14-18(11-34)12-36/h4-5,10,12,19,43H,2-3,6-9,11,14-17,40H2,1H3/b18-12-/t19-,33+,34-/m0/s1/i1D3,2D2. The van der Waals surface area contributed by atoms with Crippen LogP contribution in [0, 0.1) is 23.0 Å². The monoisotopic (exact) mass is 684 g/mol. The number of rotatable bonds is 6. The van der Waals surface area contributed by atoms with Crippen molar-refractivity contribution in [3.05, 3.63) is 52.3 Å². The Hall–Kier alpha value is -3.63. The lowest BCUT2D eigenvalue weighted by atomic mass is 9.93.